The lowest BCUT2D eigenvalue weighted by atomic mass is 10.1. The van der Waals surface area contributed by atoms with E-state index in [1.165, 1.54) is 11.7 Å². The Morgan fingerprint density at radius 3 is 2.53 bits per heavy atom. The van der Waals surface area contributed by atoms with Crippen LogP contribution in [0.1, 0.15) is 23.4 Å². The molecule has 0 saturated carbocycles. The minimum absolute atomic E-state index is 0.0558. The Morgan fingerprint density at radius 1 is 1.37 bits per heavy atom. The molecule has 1 aromatic heterocycles. The van der Waals surface area contributed by atoms with Gasteiger partial charge in [0.1, 0.15) is 6.54 Å². The van der Waals surface area contributed by atoms with E-state index in [1.807, 2.05) is 0 Å². The van der Waals surface area contributed by atoms with Crippen molar-refractivity contribution in [3.05, 3.63) is 27.4 Å². The topological polar surface area (TPSA) is 98.5 Å². The number of nitrogens with zero attached hydrogens (tertiary/aromatic N) is 2. The first-order chi connectivity index (χ1) is 8.86. The number of hydrogen-bond donors (Lipinski definition) is 1. The average molecular weight is 268 g/mol. The quantitative estimate of drug-likeness (QED) is 0.758. The number of aliphatic carboxylic acids is 1. The number of carbonyl (C=O) groups is 2. The number of carbonyl (C=O) groups excluding carboxylic acids is 1. The van der Waals surface area contributed by atoms with Crippen molar-refractivity contribution < 1.29 is 19.4 Å². The molecule has 104 valence electrons. The van der Waals surface area contributed by atoms with Crippen molar-refractivity contribution in [2.24, 2.45) is 0 Å². The van der Waals surface area contributed by atoms with Crippen LogP contribution in [0, 0.1) is 13.8 Å². The highest BCUT2D eigenvalue weighted by Crippen LogP contribution is 2.12. The summed E-state index contributed by atoms with van der Waals surface area (Å²) in [5.74, 6) is -1.48. The predicted octanol–water partition coefficient (Wildman–Crippen LogP) is 0.0503. The summed E-state index contributed by atoms with van der Waals surface area (Å²) in [4.78, 5) is 37.4. The zero-order chi connectivity index (χ0) is 14.6. The summed E-state index contributed by atoms with van der Waals surface area (Å²) in [6, 6.07) is 0. The highest BCUT2D eigenvalue weighted by atomic mass is 16.5. The summed E-state index contributed by atoms with van der Waals surface area (Å²) >= 11 is 0. The van der Waals surface area contributed by atoms with Crippen LogP contribution in [-0.2, 0) is 27.3 Å². The van der Waals surface area contributed by atoms with Gasteiger partial charge < -0.3 is 9.84 Å². The fourth-order valence-electron chi connectivity index (χ4n) is 1.81. The van der Waals surface area contributed by atoms with E-state index >= 15 is 0 Å². The third-order valence-corrected chi connectivity index (χ3v) is 2.88. The second kappa shape index (κ2) is 6.12. The van der Waals surface area contributed by atoms with Crippen molar-refractivity contribution in [1.29, 1.82) is 0 Å². The maximum Gasteiger partial charge on any atom is 0.348 e. The summed E-state index contributed by atoms with van der Waals surface area (Å²) in [5, 5.41) is 8.70. The number of rotatable bonds is 5. The van der Waals surface area contributed by atoms with E-state index in [4.69, 9.17) is 5.11 Å². The first kappa shape index (κ1) is 14.9. The molecule has 0 spiro atoms. The van der Waals surface area contributed by atoms with Gasteiger partial charge in [-0.25, -0.2) is 4.79 Å². The summed E-state index contributed by atoms with van der Waals surface area (Å²) in [6.07, 6.45) is 0.210. The Labute approximate surface area is 109 Å². The molecule has 0 unspecified atom stereocenters. The van der Waals surface area contributed by atoms with Gasteiger partial charge >= 0.3 is 17.6 Å². The number of methoxy groups -OCH3 is 1. The molecule has 0 saturated heterocycles. The summed E-state index contributed by atoms with van der Waals surface area (Å²) in [7, 11) is 1.23. The molecular formula is C12H16N2O5. The molecule has 7 nitrogen and oxygen atoms in total. The van der Waals surface area contributed by atoms with Crippen LogP contribution >= 0.6 is 0 Å². The molecule has 19 heavy (non-hydrogen) atoms. The molecule has 0 bridgehead atoms. The smallest absolute Gasteiger partial charge is 0.348 e. The number of aryl methyl sites for hydroxylation is 1. The van der Waals surface area contributed by atoms with Crippen molar-refractivity contribution >= 4 is 11.9 Å². The maximum absolute atomic E-state index is 11.7. The van der Waals surface area contributed by atoms with Crippen molar-refractivity contribution in [3.8, 4) is 0 Å². The van der Waals surface area contributed by atoms with E-state index in [1.54, 1.807) is 13.8 Å². The van der Waals surface area contributed by atoms with Crippen LogP contribution in [0.3, 0.4) is 0 Å². The van der Waals surface area contributed by atoms with Crippen molar-refractivity contribution in [2.45, 2.75) is 33.2 Å². The maximum atomic E-state index is 11.7. The van der Waals surface area contributed by atoms with E-state index in [-0.39, 0.29) is 19.4 Å². The third-order valence-electron chi connectivity index (χ3n) is 2.88. The Bertz CT molecular complexity index is 562. The number of ether oxygens (including phenoxy) is 1. The fourth-order valence-corrected chi connectivity index (χ4v) is 1.81. The molecule has 0 fully saturated rings. The molecule has 1 rings (SSSR count). The number of carboxylic acid groups (broad SMARTS) is 1. The average Bonchev–Trinajstić information content (AvgIpc) is 2.33. The number of aromatic nitrogens is 2. The van der Waals surface area contributed by atoms with Crippen LogP contribution in [0.15, 0.2) is 4.79 Å². The van der Waals surface area contributed by atoms with Gasteiger partial charge in [-0.05, 0) is 25.8 Å². The lowest BCUT2D eigenvalue weighted by Gasteiger charge is -2.14. The molecule has 7 heteroatoms. The van der Waals surface area contributed by atoms with Gasteiger partial charge in [0.15, 0.2) is 0 Å². The molecule has 0 aromatic carbocycles. The van der Waals surface area contributed by atoms with Crippen molar-refractivity contribution in [2.75, 3.05) is 7.11 Å². The summed E-state index contributed by atoms with van der Waals surface area (Å²) in [6.45, 7) is 3.08. The molecule has 0 radical (unpaired) electrons. The SMILES string of the molecule is COC(=O)Cn1c(C)c(CCC(=O)O)c(C)nc1=O. The lowest BCUT2D eigenvalue weighted by Crippen LogP contribution is -2.31. The van der Waals surface area contributed by atoms with Crippen molar-refractivity contribution in [3.63, 3.8) is 0 Å². The van der Waals surface area contributed by atoms with E-state index in [0.29, 0.717) is 17.0 Å². The molecule has 1 N–H and O–H groups in total. The van der Waals surface area contributed by atoms with E-state index in [9.17, 15) is 14.4 Å². The highest BCUT2D eigenvalue weighted by Gasteiger charge is 2.14. The number of carboxylic acids is 1. The fraction of sp³-hybridized carbons (Fsp3) is 0.500. The lowest BCUT2D eigenvalue weighted by molar-refractivity contribution is -0.141. The third kappa shape index (κ3) is 3.64. The predicted molar refractivity (Wildman–Crippen MR) is 65.9 cm³/mol. The van der Waals surface area contributed by atoms with Crippen LogP contribution in [-0.4, -0.2) is 33.7 Å². The van der Waals surface area contributed by atoms with Gasteiger partial charge in [0, 0.05) is 17.8 Å². The van der Waals surface area contributed by atoms with Gasteiger partial charge in [0.05, 0.1) is 7.11 Å². The van der Waals surface area contributed by atoms with Crippen molar-refractivity contribution in [1.82, 2.24) is 9.55 Å². The molecule has 1 aromatic rings. The minimum atomic E-state index is -0.926. The normalized spacial score (nSPS) is 10.3. The van der Waals surface area contributed by atoms with Gasteiger partial charge in [-0.3, -0.25) is 14.2 Å². The zero-order valence-corrected chi connectivity index (χ0v) is 11.1. The summed E-state index contributed by atoms with van der Waals surface area (Å²) in [5.41, 5.74) is 1.17. The second-order valence-corrected chi connectivity index (χ2v) is 4.10. The largest absolute Gasteiger partial charge is 0.481 e. The van der Waals surface area contributed by atoms with E-state index in [0.717, 1.165) is 0 Å². The number of esters is 1. The molecule has 0 aliphatic heterocycles. The van der Waals surface area contributed by atoms with Crippen LogP contribution < -0.4 is 5.69 Å². The van der Waals surface area contributed by atoms with Gasteiger partial charge in [-0.2, -0.15) is 4.98 Å². The van der Waals surface area contributed by atoms with Crippen LogP contribution in [0.4, 0.5) is 0 Å². The summed E-state index contributed by atoms with van der Waals surface area (Å²) < 4.78 is 5.70. The molecule has 0 amide bonds. The Hall–Kier alpha value is -2.18. The van der Waals surface area contributed by atoms with Gasteiger partial charge in [-0.15, -0.1) is 0 Å². The van der Waals surface area contributed by atoms with Gasteiger partial charge in [0.2, 0.25) is 0 Å². The Kier molecular flexibility index (Phi) is 4.80. The first-order valence-corrected chi connectivity index (χ1v) is 5.72. The van der Waals surface area contributed by atoms with Crippen LogP contribution in [0.2, 0.25) is 0 Å². The minimum Gasteiger partial charge on any atom is -0.481 e. The second-order valence-electron chi connectivity index (χ2n) is 4.10. The molecule has 0 aliphatic carbocycles. The van der Waals surface area contributed by atoms with Crippen LogP contribution in [0.5, 0.6) is 0 Å². The van der Waals surface area contributed by atoms with E-state index in [2.05, 4.69) is 9.72 Å². The van der Waals surface area contributed by atoms with Crippen LogP contribution in [0.25, 0.3) is 0 Å². The number of hydrogen-bond acceptors (Lipinski definition) is 5. The first-order valence-electron chi connectivity index (χ1n) is 5.72. The zero-order valence-electron chi connectivity index (χ0n) is 11.1. The van der Waals surface area contributed by atoms with Gasteiger partial charge in [-0.1, -0.05) is 0 Å². The highest BCUT2D eigenvalue weighted by molar-refractivity contribution is 5.69. The molecule has 1 heterocycles. The molecular weight excluding hydrogens is 252 g/mol. The van der Waals surface area contributed by atoms with Gasteiger partial charge in [0.25, 0.3) is 0 Å². The van der Waals surface area contributed by atoms with E-state index < -0.39 is 17.6 Å². The monoisotopic (exact) mass is 268 g/mol. The molecule has 0 aliphatic rings. The standard InChI is InChI=1S/C12H16N2O5/c1-7-9(4-5-10(15)16)8(2)14(12(18)13-7)6-11(17)19-3/h4-6H2,1-3H3,(H,15,16). The Morgan fingerprint density at radius 2 is 2.00 bits per heavy atom. The Balaban J connectivity index is 3.18. The molecule has 0 atom stereocenters.